The van der Waals surface area contributed by atoms with Gasteiger partial charge in [-0.25, -0.2) is 19.7 Å². The number of nitrogens with zero attached hydrogens (tertiary/aromatic N) is 4. The molecule has 110 valence electrons. The molecule has 0 unspecified atom stereocenters. The number of rotatable bonds is 3. The van der Waals surface area contributed by atoms with Crippen LogP contribution in [-0.2, 0) is 9.47 Å². The third kappa shape index (κ3) is 2.51. The predicted octanol–water partition coefficient (Wildman–Crippen LogP) is 1.31. The van der Waals surface area contributed by atoms with Crippen LogP contribution in [0.15, 0.2) is 24.8 Å². The zero-order chi connectivity index (χ0) is 14.8. The molecule has 1 aliphatic carbocycles. The average molecular weight is 289 g/mol. The first-order valence-electron chi connectivity index (χ1n) is 6.51. The number of carbonyl (C=O) groups excluding carboxylic acids is 1. The van der Waals surface area contributed by atoms with Gasteiger partial charge >= 0.3 is 6.16 Å². The Morgan fingerprint density at radius 3 is 3.10 bits per heavy atom. The normalized spacial score (nSPS) is 20.8. The number of hydrogen-bond acceptors (Lipinski definition) is 7. The first-order chi connectivity index (χ1) is 10.2. The number of imidazole rings is 1. The molecule has 8 heteroatoms. The number of nitrogens with two attached hydrogens (primary N) is 1. The molecular weight excluding hydrogens is 274 g/mol. The van der Waals surface area contributed by atoms with Crippen molar-refractivity contribution in [3.63, 3.8) is 0 Å². The van der Waals surface area contributed by atoms with Gasteiger partial charge in [-0.3, -0.25) is 0 Å². The van der Waals surface area contributed by atoms with Crippen LogP contribution < -0.4 is 5.73 Å². The maximum absolute atomic E-state index is 11.0. The number of allylic oxidation sites excluding steroid dienone is 1. The number of methoxy groups -OCH3 is 1. The van der Waals surface area contributed by atoms with Crippen LogP contribution >= 0.6 is 0 Å². The lowest BCUT2D eigenvalue weighted by Crippen LogP contribution is -2.13. The molecule has 1 aliphatic rings. The van der Waals surface area contributed by atoms with Crippen LogP contribution in [0.1, 0.15) is 12.5 Å². The van der Waals surface area contributed by atoms with Crippen molar-refractivity contribution in [2.45, 2.75) is 12.5 Å². The van der Waals surface area contributed by atoms with Gasteiger partial charge in [0.1, 0.15) is 18.5 Å². The molecule has 0 bridgehead atoms. The second kappa shape index (κ2) is 5.39. The molecular formula is C13H15N5O3. The summed E-state index contributed by atoms with van der Waals surface area (Å²) >= 11 is 0. The number of anilines is 1. The number of ether oxygens (including phenoxy) is 2. The maximum atomic E-state index is 11.0. The van der Waals surface area contributed by atoms with Gasteiger partial charge in [0.2, 0.25) is 0 Å². The van der Waals surface area contributed by atoms with Gasteiger partial charge in [-0.1, -0.05) is 12.2 Å². The van der Waals surface area contributed by atoms with E-state index in [1.165, 1.54) is 13.4 Å². The Morgan fingerprint density at radius 2 is 2.29 bits per heavy atom. The summed E-state index contributed by atoms with van der Waals surface area (Å²) in [5, 5.41) is 0. The Bertz CT molecular complexity index is 696. The van der Waals surface area contributed by atoms with E-state index in [1.807, 2.05) is 16.7 Å². The highest BCUT2D eigenvalue weighted by Gasteiger charge is 2.23. The van der Waals surface area contributed by atoms with E-state index < -0.39 is 6.16 Å². The summed E-state index contributed by atoms with van der Waals surface area (Å²) in [5.74, 6) is 0.511. The zero-order valence-electron chi connectivity index (χ0n) is 11.5. The van der Waals surface area contributed by atoms with E-state index in [1.54, 1.807) is 6.33 Å². The highest BCUT2D eigenvalue weighted by Crippen LogP contribution is 2.30. The molecule has 2 atom stereocenters. The van der Waals surface area contributed by atoms with Gasteiger partial charge in [-0.05, 0) is 6.42 Å². The largest absolute Gasteiger partial charge is 0.507 e. The van der Waals surface area contributed by atoms with Crippen molar-refractivity contribution in [2.24, 2.45) is 5.92 Å². The third-order valence-corrected chi connectivity index (χ3v) is 3.48. The second-order valence-electron chi connectivity index (χ2n) is 4.80. The van der Waals surface area contributed by atoms with E-state index in [9.17, 15) is 4.79 Å². The molecule has 8 nitrogen and oxygen atoms in total. The van der Waals surface area contributed by atoms with Crippen molar-refractivity contribution in [3.8, 4) is 0 Å². The van der Waals surface area contributed by atoms with E-state index in [4.69, 9.17) is 10.5 Å². The van der Waals surface area contributed by atoms with Gasteiger partial charge in [0.05, 0.1) is 19.5 Å². The van der Waals surface area contributed by atoms with Crippen molar-refractivity contribution >= 4 is 23.1 Å². The molecule has 2 heterocycles. The lowest BCUT2D eigenvalue weighted by molar-refractivity contribution is 0.0641. The van der Waals surface area contributed by atoms with E-state index in [-0.39, 0.29) is 12.0 Å². The SMILES string of the molecule is COC(=O)OC[C@@H]1C=C[C@H](n2cnc3c(N)ncnc32)C1. The Kier molecular flexibility index (Phi) is 3.43. The first-order valence-corrected chi connectivity index (χ1v) is 6.51. The lowest BCUT2D eigenvalue weighted by Gasteiger charge is -2.13. The van der Waals surface area contributed by atoms with Gasteiger partial charge in [0.25, 0.3) is 0 Å². The molecule has 2 aromatic heterocycles. The zero-order valence-corrected chi connectivity index (χ0v) is 11.5. The predicted molar refractivity (Wildman–Crippen MR) is 74.4 cm³/mol. The van der Waals surface area contributed by atoms with Crippen LogP contribution in [0.2, 0.25) is 0 Å². The van der Waals surface area contributed by atoms with E-state index in [0.717, 1.165) is 6.42 Å². The quantitative estimate of drug-likeness (QED) is 0.670. The van der Waals surface area contributed by atoms with E-state index >= 15 is 0 Å². The highest BCUT2D eigenvalue weighted by molar-refractivity contribution is 5.81. The Morgan fingerprint density at radius 1 is 1.43 bits per heavy atom. The van der Waals surface area contributed by atoms with Crippen LogP contribution in [0.5, 0.6) is 0 Å². The molecule has 0 saturated heterocycles. The average Bonchev–Trinajstić information content (AvgIpc) is 3.11. The van der Waals surface area contributed by atoms with Crippen molar-refractivity contribution in [1.29, 1.82) is 0 Å². The minimum Gasteiger partial charge on any atom is -0.438 e. The van der Waals surface area contributed by atoms with Crippen molar-refractivity contribution in [2.75, 3.05) is 19.5 Å². The van der Waals surface area contributed by atoms with Crippen LogP contribution in [-0.4, -0.2) is 39.4 Å². The number of aromatic nitrogens is 4. The van der Waals surface area contributed by atoms with Crippen LogP contribution in [0.4, 0.5) is 10.6 Å². The van der Waals surface area contributed by atoms with Crippen molar-refractivity contribution in [3.05, 3.63) is 24.8 Å². The summed E-state index contributed by atoms with van der Waals surface area (Å²) in [6, 6.07) is 0.107. The molecule has 0 aromatic carbocycles. The van der Waals surface area contributed by atoms with Gasteiger partial charge in [0.15, 0.2) is 11.5 Å². The summed E-state index contributed by atoms with van der Waals surface area (Å²) in [4.78, 5) is 23.4. The van der Waals surface area contributed by atoms with Gasteiger partial charge in [-0.2, -0.15) is 0 Å². The van der Waals surface area contributed by atoms with Crippen LogP contribution in [0, 0.1) is 5.92 Å². The molecule has 0 amide bonds. The summed E-state index contributed by atoms with van der Waals surface area (Å²) in [6.07, 6.45) is 7.32. The first kappa shape index (κ1) is 13.3. The number of carbonyl (C=O) groups is 1. The third-order valence-electron chi connectivity index (χ3n) is 3.48. The molecule has 0 saturated carbocycles. The smallest absolute Gasteiger partial charge is 0.438 e. The molecule has 2 N–H and O–H groups in total. The molecule has 0 radical (unpaired) electrons. The number of hydrogen-bond donors (Lipinski definition) is 1. The van der Waals surface area contributed by atoms with Gasteiger partial charge in [-0.15, -0.1) is 0 Å². The van der Waals surface area contributed by atoms with Crippen LogP contribution in [0.3, 0.4) is 0 Å². The summed E-state index contributed by atoms with van der Waals surface area (Å²) < 4.78 is 11.4. The summed E-state index contributed by atoms with van der Waals surface area (Å²) in [5.41, 5.74) is 7.07. The highest BCUT2D eigenvalue weighted by atomic mass is 16.7. The van der Waals surface area contributed by atoms with Crippen LogP contribution in [0.25, 0.3) is 11.2 Å². The van der Waals surface area contributed by atoms with Crippen molar-refractivity contribution in [1.82, 2.24) is 19.5 Å². The fourth-order valence-electron chi connectivity index (χ4n) is 2.43. The Balaban J connectivity index is 1.72. The van der Waals surface area contributed by atoms with E-state index in [2.05, 4.69) is 19.7 Å². The standard InChI is InChI=1S/C13H15N5O3/c1-20-13(19)21-5-8-2-3-9(4-8)18-7-17-10-11(14)15-6-16-12(10)18/h2-3,6-9H,4-5H2,1H3,(H2,14,15,16)/t8-,9+/m1/s1. The van der Waals surface area contributed by atoms with Gasteiger partial charge in [0, 0.05) is 5.92 Å². The molecule has 3 rings (SSSR count). The molecule has 0 aliphatic heterocycles. The molecule has 0 spiro atoms. The lowest BCUT2D eigenvalue weighted by atomic mass is 10.1. The maximum Gasteiger partial charge on any atom is 0.507 e. The Labute approximate surface area is 120 Å². The topological polar surface area (TPSA) is 105 Å². The number of fused-ring (bicyclic) bond motifs is 1. The molecule has 2 aromatic rings. The Hall–Kier alpha value is -2.64. The molecule has 21 heavy (non-hydrogen) atoms. The summed E-state index contributed by atoms with van der Waals surface area (Å²) in [6.45, 7) is 0.295. The van der Waals surface area contributed by atoms with E-state index in [0.29, 0.717) is 23.6 Å². The summed E-state index contributed by atoms with van der Waals surface area (Å²) in [7, 11) is 1.29. The molecule has 0 fully saturated rings. The van der Waals surface area contributed by atoms with Crippen molar-refractivity contribution < 1.29 is 14.3 Å². The van der Waals surface area contributed by atoms with Gasteiger partial charge < -0.3 is 19.8 Å². The fourth-order valence-corrected chi connectivity index (χ4v) is 2.43. The number of nitrogen functional groups attached to an aromatic ring is 1. The minimum absolute atomic E-state index is 0.107. The minimum atomic E-state index is -0.666. The second-order valence-corrected chi connectivity index (χ2v) is 4.80. The monoisotopic (exact) mass is 289 g/mol. The fraction of sp³-hybridized carbons (Fsp3) is 0.385.